The van der Waals surface area contributed by atoms with Crippen molar-refractivity contribution in [2.24, 2.45) is 0 Å². The van der Waals surface area contributed by atoms with E-state index in [1.54, 1.807) is 17.0 Å². The van der Waals surface area contributed by atoms with Crippen molar-refractivity contribution in [3.05, 3.63) is 59.9 Å². The molecule has 0 bridgehead atoms. The normalized spacial score (nSPS) is 10.2. The Labute approximate surface area is 124 Å². The van der Waals surface area contributed by atoms with Crippen LogP contribution in [0.5, 0.6) is 0 Å². The van der Waals surface area contributed by atoms with Crippen molar-refractivity contribution >= 4 is 17.3 Å². The number of benzene rings is 2. The Morgan fingerprint density at radius 3 is 2.43 bits per heavy atom. The van der Waals surface area contributed by atoms with Crippen LogP contribution < -0.4 is 10.2 Å². The van der Waals surface area contributed by atoms with E-state index in [1.165, 1.54) is 6.07 Å². The molecule has 2 aromatic rings. The molecule has 1 N–H and O–H groups in total. The van der Waals surface area contributed by atoms with Crippen LogP contribution in [0.15, 0.2) is 48.5 Å². The van der Waals surface area contributed by atoms with Crippen molar-refractivity contribution in [1.82, 2.24) is 0 Å². The maximum absolute atomic E-state index is 13.9. The minimum atomic E-state index is -0.410. The fourth-order valence-electron chi connectivity index (χ4n) is 2.26. The Balaban J connectivity index is 2.41. The van der Waals surface area contributed by atoms with Crippen LogP contribution in [0.25, 0.3) is 0 Å². The SMILES string of the molecule is CCNc1c(F)cccc1C(=O)N(CC)c1ccccc1. The zero-order chi connectivity index (χ0) is 15.2. The number of amides is 1. The van der Waals surface area contributed by atoms with E-state index in [0.717, 1.165) is 5.69 Å². The lowest BCUT2D eigenvalue weighted by Gasteiger charge is -2.22. The molecule has 0 aliphatic rings. The van der Waals surface area contributed by atoms with Gasteiger partial charge in [0.2, 0.25) is 0 Å². The Morgan fingerprint density at radius 2 is 1.81 bits per heavy atom. The number of carbonyl (C=O) groups excluding carboxylic acids is 1. The first-order chi connectivity index (χ1) is 10.2. The second kappa shape index (κ2) is 6.88. The molecule has 0 heterocycles. The lowest BCUT2D eigenvalue weighted by Crippen LogP contribution is -2.31. The number of anilines is 2. The largest absolute Gasteiger partial charge is 0.382 e. The van der Waals surface area contributed by atoms with Gasteiger partial charge in [-0.1, -0.05) is 24.3 Å². The molecule has 0 fully saturated rings. The summed E-state index contributed by atoms with van der Waals surface area (Å²) in [5.41, 5.74) is 1.42. The number of para-hydroxylation sites is 2. The molecule has 4 heteroatoms. The summed E-state index contributed by atoms with van der Waals surface area (Å²) in [6, 6.07) is 13.9. The van der Waals surface area contributed by atoms with E-state index < -0.39 is 5.82 Å². The van der Waals surface area contributed by atoms with Crippen LogP contribution in [-0.2, 0) is 0 Å². The molecule has 0 aromatic heterocycles. The highest BCUT2D eigenvalue weighted by molar-refractivity contribution is 6.09. The highest BCUT2D eigenvalue weighted by atomic mass is 19.1. The molecule has 21 heavy (non-hydrogen) atoms. The summed E-state index contributed by atoms with van der Waals surface area (Å²) in [7, 11) is 0. The molecule has 3 nitrogen and oxygen atoms in total. The lowest BCUT2D eigenvalue weighted by atomic mass is 10.1. The molecule has 0 radical (unpaired) electrons. The number of rotatable bonds is 5. The number of nitrogens with zero attached hydrogens (tertiary/aromatic N) is 1. The Morgan fingerprint density at radius 1 is 1.10 bits per heavy atom. The van der Waals surface area contributed by atoms with Gasteiger partial charge in [0.1, 0.15) is 5.82 Å². The van der Waals surface area contributed by atoms with Crippen molar-refractivity contribution in [2.75, 3.05) is 23.3 Å². The van der Waals surface area contributed by atoms with Crippen LogP contribution >= 0.6 is 0 Å². The van der Waals surface area contributed by atoms with Gasteiger partial charge in [-0.25, -0.2) is 4.39 Å². The van der Waals surface area contributed by atoms with E-state index in [0.29, 0.717) is 18.7 Å². The van der Waals surface area contributed by atoms with Crippen LogP contribution in [0.4, 0.5) is 15.8 Å². The molecule has 2 aromatic carbocycles. The van der Waals surface area contributed by atoms with Crippen LogP contribution in [0.3, 0.4) is 0 Å². The first kappa shape index (κ1) is 15.0. The molecule has 0 saturated heterocycles. The Kier molecular flexibility index (Phi) is 4.93. The molecule has 1 amide bonds. The fraction of sp³-hybridized carbons (Fsp3) is 0.235. The minimum absolute atomic E-state index is 0.209. The molecular formula is C17H19FN2O. The average molecular weight is 286 g/mol. The summed E-state index contributed by atoms with van der Waals surface area (Å²) < 4.78 is 13.9. The quantitative estimate of drug-likeness (QED) is 0.903. The van der Waals surface area contributed by atoms with Gasteiger partial charge in [-0.15, -0.1) is 0 Å². The molecule has 0 unspecified atom stereocenters. The van der Waals surface area contributed by atoms with Gasteiger partial charge in [0.25, 0.3) is 5.91 Å². The van der Waals surface area contributed by atoms with Crippen molar-refractivity contribution in [1.29, 1.82) is 0 Å². The number of hydrogen-bond donors (Lipinski definition) is 1. The molecule has 0 aliphatic heterocycles. The third kappa shape index (κ3) is 3.21. The van der Waals surface area contributed by atoms with Gasteiger partial charge in [0, 0.05) is 18.8 Å². The van der Waals surface area contributed by atoms with E-state index in [1.807, 2.05) is 44.2 Å². The number of carbonyl (C=O) groups is 1. The second-order valence-electron chi connectivity index (χ2n) is 4.58. The third-order valence-corrected chi connectivity index (χ3v) is 3.23. The Bertz CT molecular complexity index is 613. The predicted octanol–water partition coefficient (Wildman–Crippen LogP) is 3.92. The average Bonchev–Trinajstić information content (AvgIpc) is 2.51. The maximum Gasteiger partial charge on any atom is 0.260 e. The third-order valence-electron chi connectivity index (χ3n) is 3.23. The zero-order valence-corrected chi connectivity index (χ0v) is 12.3. The van der Waals surface area contributed by atoms with E-state index in [2.05, 4.69) is 5.32 Å². The van der Waals surface area contributed by atoms with E-state index >= 15 is 0 Å². The molecular weight excluding hydrogens is 267 g/mol. The summed E-state index contributed by atoms with van der Waals surface area (Å²) in [4.78, 5) is 14.4. The number of hydrogen-bond acceptors (Lipinski definition) is 2. The monoisotopic (exact) mass is 286 g/mol. The molecule has 0 aliphatic carbocycles. The van der Waals surface area contributed by atoms with Crippen LogP contribution in [0.2, 0.25) is 0 Å². The first-order valence-electron chi connectivity index (χ1n) is 7.08. The van der Waals surface area contributed by atoms with Gasteiger partial charge >= 0.3 is 0 Å². The highest BCUT2D eigenvalue weighted by Gasteiger charge is 2.20. The van der Waals surface area contributed by atoms with Gasteiger partial charge in [-0.3, -0.25) is 4.79 Å². The van der Waals surface area contributed by atoms with Gasteiger partial charge in [-0.2, -0.15) is 0 Å². The Hall–Kier alpha value is -2.36. The van der Waals surface area contributed by atoms with Gasteiger partial charge < -0.3 is 10.2 Å². The van der Waals surface area contributed by atoms with Crippen LogP contribution in [0, 0.1) is 5.82 Å². The van der Waals surface area contributed by atoms with Crippen LogP contribution in [0.1, 0.15) is 24.2 Å². The summed E-state index contributed by atoms with van der Waals surface area (Å²) >= 11 is 0. The number of halogens is 1. The van der Waals surface area contributed by atoms with E-state index in [9.17, 15) is 9.18 Å². The van der Waals surface area contributed by atoms with Crippen molar-refractivity contribution < 1.29 is 9.18 Å². The van der Waals surface area contributed by atoms with E-state index in [-0.39, 0.29) is 11.6 Å². The van der Waals surface area contributed by atoms with Crippen LogP contribution in [-0.4, -0.2) is 19.0 Å². The standard InChI is InChI=1S/C17H19FN2O/c1-3-19-16-14(11-8-12-15(16)18)17(21)20(4-2)13-9-6-5-7-10-13/h5-12,19H,3-4H2,1-2H3. The lowest BCUT2D eigenvalue weighted by molar-refractivity contribution is 0.0988. The smallest absolute Gasteiger partial charge is 0.260 e. The zero-order valence-electron chi connectivity index (χ0n) is 12.3. The maximum atomic E-state index is 13.9. The van der Waals surface area contributed by atoms with Gasteiger partial charge in [-0.05, 0) is 38.1 Å². The summed E-state index contributed by atoms with van der Waals surface area (Å²) in [6.07, 6.45) is 0. The highest BCUT2D eigenvalue weighted by Crippen LogP contribution is 2.24. The van der Waals surface area contributed by atoms with Crippen molar-refractivity contribution in [2.45, 2.75) is 13.8 Å². The van der Waals surface area contributed by atoms with Gasteiger partial charge in [0.05, 0.1) is 11.3 Å². The van der Waals surface area contributed by atoms with E-state index in [4.69, 9.17) is 0 Å². The topological polar surface area (TPSA) is 32.3 Å². The van der Waals surface area contributed by atoms with Crippen molar-refractivity contribution in [3.63, 3.8) is 0 Å². The molecule has 0 saturated carbocycles. The summed E-state index contributed by atoms with van der Waals surface area (Å²) in [5, 5.41) is 2.93. The molecule has 2 rings (SSSR count). The first-order valence-corrected chi connectivity index (χ1v) is 7.08. The molecule has 110 valence electrons. The fourth-order valence-corrected chi connectivity index (χ4v) is 2.26. The number of nitrogens with one attached hydrogen (secondary N) is 1. The summed E-state index contributed by atoms with van der Waals surface area (Å²) in [5.74, 6) is -0.619. The molecule has 0 atom stereocenters. The van der Waals surface area contributed by atoms with Gasteiger partial charge in [0.15, 0.2) is 0 Å². The van der Waals surface area contributed by atoms with Crippen molar-refractivity contribution in [3.8, 4) is 0 Å². The minimum Gasteiger partial charge on any atom is -0.382 e. The molecule has 0 spiro atoms. The predicted molar refractivity (Wildman–Crippen MR) is 84.4 cm³/mol. The summed E-state index contributed by atoms with van der Waals surface area (Å²) in [6.45, 7) is 4.84. The second-order valence-corrected chi connectivity index (χ2v) is 4.58.